The van der Waals surface area contributed by atoms with Crippen molar-refractivity contribution in [2.45, 2.75) is 19.6 Å². The molecule has 8 aromatic carbocycles. The largest absolute Gasteiger partial charge is 0.321 e. The zero-order valence-electron chi connectivity index (χ0n) is 31.2. The van der Waals surface area contributed by atoms with Gasteiger partial charge in [-0.2, -0.15) is 10.5 Å². The average Bonchev–Trinajstić information content (AvgIpc) is 3.83. The summed E-state index contributed by atoms with van der Waals surface area (Å²) in [5, 5.41) is 33.7. The van der Waals surface area contributed by atoms with Crippen LogP contribution < -0.4 is 10.6 Å². The van der Waals surface area contributed by atoms with E-state index in [2.05, 4.69) is 98.0 Å². The smallest absolute Gasteiger partial charge is 0.255 e. The Bertz CT molecular complexity index is 2950. The van der Waals surface area contributed by atoms with Crippen molar-refractivity contribution in [1.29, 1.82) is 5.26 Å². The summed E-state index contributed by atoms with van der Waals surface area (Å²) in [6.07, 6.45) is 0. The number of carbonyl (C=O) groups is 2. The number of para-hydroxylation sites is 2. The molecule has 9 nitrogen and oxygen atoms in total. The number of rotatable bonds is 9. The van der Waals surface area contributed by atoms with Crippen LogP contribution in [0.2, 0.25) is 0 Å². The van der Waals surface area contributed by atoms with Gasteiger partial charge in [-0.1, -0.05) is 108 Å². The van der Waals surface area contributed by atoms with Gasteiger partial charge in [0.25, 0.3) is 11.8 Å². The Balaban J connectivity index is 0.000000165. The third-order valence-corrected chi connectivity index (χ3v) is 11.2. The van der Waals surface area contributed by atoms with Gasteiger partial charge in [-0.3, -0.25) is 9.59 Å². The van der Waals surface area contributed by atoms with Gasteiger partial charge in [0.1, 0.15) is 6.07 Å². The molecule has 2 amide bonds. The van der Waals surface area contributed by atoms with E-state index in [0.29, 0.717) is 39.5 Å². The van der Waals surface area contributed by atoms with E-state index in [9.17, 15) is 9.59 Å². The second-order valence-corrected chi connectivity index (χ2v) is 15.4. The molecule has 11 heteroatoms. The lowest BCUT2D eigenvalue weighted by molar-refractivity contribution is 0.101. The van der Waals surface area contributed by atoms with Crippen molar-refractivity contribution in [2.24, 2.45) is 0 Å². The van der Waals surface area contributed by atoms with Crippen molar-refractivity contribution in [3.63, 3.8) is 0 Å². The Morgan fingerprint density at radius 2 is 0.966 bits per heavy atom. The number of nitrogens with zero attached hydrogens (tertiary/aromatic N) is 4. The number of hydrogen-bond donors (Lipinski definition) is 3. The highest BCUT2D eigenvalue weighted by molar-refractivity contribution is 7.99. The lowest BCUT2D eigenvalue weighted by Crippen LogP contribution is -2.12. The zero-order valence-corrected chi connectivity index (χ0v) is 32.9. The predicted octanol–water partition coefficient (Wildman–Crippen LogP) is 11.5. The van der Waals surface area contributed by atoms with Gasteiger partial charge in [0.2, 0.25) is 5.82 Å². The summed E-state index contributed by atoms with van der Waals surface area (Å²) in [4.78, 5) is 29.7. The van der Waals surface area contributed by atoms with Crippen LogP contribution in [0.4, 0.5) is 11.4 Å². The molecule has 0 aliphatic carbocycles. The zero-order chi connectivity index (χ0) is 40.4. The van der Waals surface area contributed by atoms with Gasteiger partial charge < -0.3 is 10.6 Å². The first-order valence-corrected chi connectivity index (χ1v) is 20.1. The first-order valence-electron chi connectivity index (χ1n) is 18.5. The number of amides is 2. The lowest BCUT2D eigenvalue weighted by Gasteiger charge is -2.09. The molecule has 0 unspecified atom stereocenters. The van der Waals surface area contributed by atoms with Crippen LogP contribution in [0.15, 0.2) is 202 Å². The van der Waals surface area contributed by atoms with Crippen LogP contribution in [0, 0.1) is 11.3 Å². The van der Waals surface area contributed by atoms with E-state index in [1.807, 2.05) is 84.9 Å². The summed E-state index contributed by atoms with van der Waals surface area (Å²) in [5.41, 5.74) is 3.42. The number of H-pyrrole nitrogens is 1. The van der Waals surface area contributed by atoms with Gasteiger partial charge in [0, 0.05) is 36.3 Å². The highest BCUT2D eigenvalue weighted by Crippen LogP contribution is 2.32. The topological polar surface area (TPSA) is 136 Å². The highest BCUT2D eigenvalue weighted by Gasteiger charge is 2.13. The van der Waals surface area contributed by atoms with Crippen molar-refractivity contribution in [1.82, 2.24) is 20.6 Å². The minimum atomic E-state index is -0.232. The number of carbonyl (C=O) groups excluding carboxylic acids is 2. The van der Waals surface area contributed by atoms with Crippen molar-refractivity contribution < 1.29 is 9.59 Å². The first-order chi connectivity index (χ1) is 29.0. The fourth-order valence-electron chi connectivity index (χ4n) is 6.22. The van der Waals surface area contributed by atoms with Gasteiger partial charge in [-0.25, -0.2) is 0 Å². The maximum atomic E-state index is 12.8. The molecule has 0 aliphatic heterocycles. The molecule has 9 aromatic rings. The quantitative estimate of drug-likeness (QED) is 0.131. The molecule has 0 saturated carbocycles. The molecule has 0 aliphatic rings. The van der Waals surface area contributed by atoms with Gasteiger partial charge in [-0.15, -0.1) is 10.2 Å². The van der Waals surface area contributed by atoms with Gasteiger partial charge in [-0.05, 0) is 124 Å². The van der Waals surface area contributed by atoms with Crippen LogP contribution in [-0.2, 0) is 0 Å². The number of fused-ring (bicyclic) bond motifs is 2. The number of aromatic amines is 1. The van der Waals surface area contributed by atoms with Crippen molar-refractivity contribution in [3.05, 3.63) is 199 Å². The summed E-state index contributed by atoms with van der Waals surface area (Å²) in [6.45, 7) is 0. The fourth-order valence-corrected chi connectivity index (χ4v) is 7.96. The Kier molecular flexibility index (Phi) is 11.8. The van der Waals surface area contributed by atoms with Crippen molar-refractivity contribution in [3.8, 4) is 17.5 Å². The molecule has 0 radical (unpaired) electrons. The summed E-state index contributed by atoms with van der Waals surface area (Å²) >= 11 is 3.33. The summed E-state index contributed by atoms with van der Waals surface area (Å²) in [7, 11) is 0. The van der Waals surface area contributed by atoms with E-state index < -0.39 is 0 Å². The summed E-state index contributed by atoms with van der Waals surface area (Å²) < 4.78 is 0. The van der Waals surface area contributed by atoms with Gasteiger partial charge in [0.15, 0.2) is 0 Å². The second kappa shape index (κ2) is 18.2. The predicted molar refractivity (Wildman–Crippen MR) is 236 cm³/mol. The minimum Gasteiger partial charge on any atom is -0.321 e. The molecule has 9 rings (SSSR count). The van der Waals surface area contributed by atoms with Crippen molar-refractivity contribution in [2.75, 3.05) is 10.6 Å². The van der Waals surface area contributed by atoms with Crippen LogP contribution in [0.5, 0.6) is 0 Å². The van der Waals surface area contributed by atoms with Crippen LogP contribution in [0.1, 0.15) is 26.3 Å². The molecule has 284 valence electrons. The summed E-state index contributed by atoms with van der Waals surface area (Å²) in [5.74, 6) is 0.00110. The monoisotopic (exact) mass is 803 g/mol. The van der Waals surface area contributed by atoms with Crippen LogP contribution >= 0.6 is 23.5 Å². The van der Waals surface area contributed by atoms with Crippen LogP contribution in [-0.4, -0.2) is 32.4 Å². The number of aromatic nitrogens is 4. The second-order valence-electron chi connectivity index (χ2n) is 13.1. The Morgan fingerprint density at radius 3 is 1.49 bits per heavy atom. The highest BCUT2D eigenvalue weighted by atomic mass is 32.2. The van der Waals surface area contributed by atoms with E-state index in [4.69, 9.17) is 5.26 Å². The van der Waals surface area contributed by atoms with E-state index in [1.165, 1.54) is 21.5 Å². The number of tetrazole rings is 1. The van der Waals surface area contributed by atoms with E-state index in [0.717, 1.165) is 19.6 Å². The molecule has 0 saturated heterocycles. The molecule has 0 fully saturated rings. The van der Waals surface area contributed by atoms with Gasteiger partial charge >= 0.3 is 0 Å². The average molecular weight is 804 g/mol. The SMILES string of the molecule is N#Cc1ccccc1NC(=O)c1ccc(Sc2ccc3ccccc3c2)cc1.O=C(Nc1ccccc1-c1nn[nH]n1)c1ccc(Sc2ccc3ccccc3c2)cc1. The molecule has 1 aromatic heterocycles. The molecule has 59 heavy (non-hydrogen) atoms. The Morgan fingerprint density at radius 1 is 0.508 bits per heavy atom. The minimum absolute atomic E-state index is 0.196. The Labute approximate surface area is 348 Å². The Hall–Kier alpha value is -7.52. The molecule has 0 atom stereocenters. The molecule has 0 bridgehead atoms. The van der Waals surface area contributed by atoms with Gasteiger partial charge in [0.05, 0.1) is 16.9 Å². The molecule has 3 N–H and O–H groups in total. The standard InChI is InChI=1S/C24H17N5OS.C24H16N2OS/c30-24(25-22-8-4-3-7-21(22)23-26-28-29-27-23)17-10-12-19(13-11-17)31-20-14-9-16-5-1-2-6-18(16)15-20;25-16-20-7-3-4-8-23(20)26-24(27)18-10-12-21(13-11-18)28-22-14-9-17-5-1-2-6-19(17)15-22/h1-15H,(H,25,30)(H,26,27,28,29);1-15H,(H,26,27). The van der Waals surface area contributed by atoms with Crippen LogP contribution in [0.3, 0.4) is 0 Å². The fraction of sp³-hybridized carbons (Fsp3) is 0. The number of anilines is 2. The third kappa shape index (κ3) is 9.55. The van der Waals surface area contributed by atoms with E-state index in [1.54, 1.807) is 59.9 Å². The van der Waals surface area contributed by atoms with E-state index >= 15 is 0 Å². The van der Waals surface area contributed by atoms with E-state index in [-0.39, 0.29) is 11.8 Å². The lowest BCUT2D eigenvalue weighted by atomic mass is 10.1. The number of benzene rings is 8. The number of nitriles is 1. The maximum Gasteiger partial charge on any atom is 0.255 e. The summed E-state index contributed by atoms with van der Waals surface area (Å²) in [6, 6.07) is 60.8. The molecule has 0 spiro atoms. The first kappa shape index (κ1) is 38.4. The molecular formula is C48H33N7O2S2. The third-order valence-electron chi connectivity index (χ3n) is 9.20. The van der Waals surface area contributed by atoms with Crippen LogP contribution in [0.25, 0.3) is 32.9 Å². The normalized spacial score (nSPS) is 10.6. The molecular weight excluding hydrogens is 771 g/mol. The maximum absolute atomic E-state index is 12.8. The van der Waals surface area contributed by atoms with Crippen molar-refractivity contribution >= 4 is 68.3 Å². The number of hydrogen-bond acceptors (Lipinski definition) is 8. The number of nitrogens with one attached hydrogen (secondary N) is 3. The molecule has 1 heterocycles.